The first-order valence-electron chi connectivity index (χ1n) is 8.59. The zero-order valence-corrected chi connectivity index (χ0v) is 14.8. The maximum atomic E-state index is 12.6. The van der Waals surface area contributed by atoms with Crippen LogP contribution in [0.4, 0.5) is 0 Å². The summed E-state index contributed by atoms with van der Waals surface area (Å²) >= 11 is 0. The molecule has 0 N–H and O–H groups in total. The minimum atomic E-state index is -0.566. The second kappa shape index (κ2) is 7.17. The van der Waals surface area contributed by atoms with Gasteiger partial charge in [-0.25, -0.2) is 0 Å². The third-order valence-corrected chi connectivity index (χ3v) is 4.81. The van der Waals surface area contributed by atoms with E-state index in [9.17, 15) is 10.1 Å². The molecule has 0 radical (unpaired) electrons. The molecule has 3 nitrogen and oxygen atoms in total. The summed E-state index contributed by atoms with van der Waals surface area (Å²) in [5.41, 5.74) is 2.45. The topological polar surface area (TPSA) is 44.1 Å². The smallest absolute Gasteiger partial charge is 0.240 e. The Morgan fingerprint density at radius 3 is 2.30 bits per heavy atom. The van der Waals surface area contributed by atoms with Crippen molar-refractivity contribution in [3.8, 4) is 6.07 Å². The number of amides is 1. The SMILES string of the molecule is CC1CCN(C(=O)C(C#N)Cc2ccc(C(C)(C)C)cc2)CC1. The molecule has 1 aliphatic rings. The summed E-state index contributed by atoms with van der Waals surface area (Å²) < 4.78 is 0. The van der Waals surface area contributed by atoms with Gasteiger partial charge in [0.1, 0.15) is 5.92 Å². The van der Waals surface area contributed by atoms with Crippen LogP contribution >= 0.6 is 0 Å². The normalized spacial score (nSPS) is 17.6. The van der Waals surface area contributed by atoms with Crippen LogP contribution in [0, 0.1) is 23.2 Å². The highest BCUT2D eigenvalue weighted by molar-refractivity contribution is 5.81. The molecule has 0 spiro atoms. The number of piperidine rings is 1. The van der Waals surface area contributed by atoms with Gasteiger partial charge in [0.2, 0.25) is 5.91 Å². The fraction of sp³-hybridized carbons (Fsp3) is 0.600. The molecule has 1 heterocycles. The highest BCUT2D eigenvalue weighted by Crippen LogP contribution is 2.24. The van der Waals surface area contributed by atoms with Crippen molar-refractivity contribution in [3.05, 3.63) is 35.4 Å². The van der Waals surface area contributed by atoms with E-state index in [-0.39, 0.29) is 11.3 Å². The molecule has 124 valence electrons. The van der Waals surface area contributed by atoms with Crippen LogP contribution < -0.4 is 0 Å². The van der Waals surface area contributed by atoms with Crippen LogP contribution in [-0.2, 0) is 16.6 Å². The Bertz CT molecular complexity index is 569. The second-order valence-electron chi connectivity index (χ2n) is 7.84. The fourth-order valence-corrected chi connectivity index (χ4v) is 3.01. The van der Waals surface area contributed by atoms with Gasteiger partial charge < -0.3 is 4.90 Å². The summed E-state index contributed by atoms with van der Waals surface area (Å²) in [5.74, 6) is 0.118. The van der Waals surface area contributed by atoms with Gasteiger partial charge in [0, 0.05) is 13.1 Å². The zero-order chi connectivity index (χ0) is 17.0. The van der Waals surface area contributed by atoms with E-state index in [0.717, 1.165) is 31.5 Å². The average Bonchev–Trinajstić information content (AvgIpc) is 2.52. The molecule has 23 heavy (non-hydrogen) atoms. The van der Waals surface area contributed by atoms with Gasteiger partial charge in [-0.05, 0) is 41.7 Å². The van der Waals surface area contributed by atoms with Crippen LogP contribution in [0.1, 0.15) is 51.7 Å². The Morgan fingerprint density at radius 1 is 1.26 bits per heavy atom. The molecule has 0 aliphatic carbocycles. The van der Waals surface area contributed by atoms with Crippen molar-refractivity contribution in [3.63, 3.8) is 0 Å². The summed E-state index contributed by atoms with van der Waals surface area (Å²) in [6.07, 6.45) is 2.60. The number of hydrogen-bond donors (Lipinski definition) is 0. The summed E-state index contributed by atoms with van der Waals surface area (Å²) in [4.78, 5) is 14.4. The lowest BCUT2D eigenvalue weighted by molar-refractivity contribution is -0.135. The first-order chi connectivity index (χ1) is 10.8. The highest BCUT2D eigenvalue weighted by Gasteiger charge is 2.27. The van der Waals surface area contributed by atoms with Crippen molar-refractivity contribution in [1.29, 1.82) is 5.26 Å². The van der Waals surface area contributed by atoms with E-state index in [1.807, 2.05) is 4.90 Å². The molecule has 1 saturated heterocycles. The third kappa shape index (κ3) is 4.58. The van der Waals surface area contributed by atoms with Crippen LogP contribution in [0.3, 0.4) is 0 Å². The number of hydrogen-bond acceptors (Lipinski definition) is 2. The monoisotopic (exact) mass is 312 g/mol. The highest BCUT2D eigenvalue weighted by atomic mass is 16.2. The van der Waals surface area contributed by atoms with Gasteiger partial charge in [0.15, 0.2) is 0 Å². The molecule has 1 atom stereocenters. The van der Waals surface area contributed by atoms with Crippen molar-refractivity contribution in [2.24, 2.45) is 11.8 Å². The van der Waals surface area contributed by atoms with Gasteiger partial charge in [-0.15, -0.1) is 0 Å². The van der Waals surface area contributed by atoms with E-state index < -0.39 is 5.92 Å². The number of nitriles is 1. The van der Waals surface area contributed by atoms with E-state index in [0.29, 0.717) is 12.3 Å². The minimum Gasteiger partial charge on any atom is -0.342 e. The molecule has 0 aromatic heterocycles. The lowest BCUT2D eigenvalue weighted by Crippen LogP contribution is -2.41. The summed E-state index contributed by atoms with van der Waals surface area (Å²) in [6, 6.07) is 10.5. The molecule has 2 rings (SSSR count). The Hall–Kier alpha value is -1.82. The van der Waals surface area contributed by atoms with Crippen LogP contribution in [0.25, 0.3) is 0 Å². The lowest BCUT2D eigenvalue weighted by Gasteiger charge is -2.31. The number of carbonyl (C=O) groups excluding carboxylic acids is 1. The number of rotatable bonds is 3. The Balaban J connectivity index is 2.02. The number of nitrogens with zero attached hydrogens (tertiary/aromatic N) is 2. The number of benzene rings is 1. The first-order valence-corrected chi connectivity index (χ1v) is 8.59. The van der Waals surface area contributed by atoms with Crippen molar-refractivity contribution >= 4 is 5.91 Å². The third-order valence-electron chi connectivity index (χ3n) is 4.81. The van der Waals surface area contributed by atoms with E-state index in [1.165, 1.54) is 5.56 Å². The summed E-state index contributed by atoms with van der Waals surface area (Å²) in [6.45, 7) is 10.4. The Labute approximate surface area is 140 Å². The fourth-order valence-electron chi connectivity index (χ4n) is 3.01. The predicted octanol–water partition coefficient (Wildman–Crippen LogP) is 3.92. The van der Waals surface area contributed by atoms with Gasteiger partial charge >= 0.3 is 0 Å². The number of likely N-dealkylation sites (tertiary alicyclic amines) is 1. The van der Waals surface area contributed by atoms with Gasteiger partial charge in [-0.3, -0.25) is 4.79 Å². The Morgan fingerprint density at radius 2 is 1.83 bits per heavy atom. The van der Waals surface area contributed by atoms with Crippen molar-refractivity contribution < 1.29 is 4.79 Å². The maximum absolute atomic E-state index is 12.6. The molecule has 1 aromatic carbocycles. The van der Waals surface area contributed by atoms with E-state index in [4.69, 9.17) is 0 Å². The molecule has 3 heteroatoms. The second-order valence-corrected chi connectivity index (χ2v) is 7.84. The Kier molecular flexibility index (Phi) is 5.46. The molecule has 0 saturated carbocycles. The van der Waals surface area contributed by atoms with Crippen molar-refractivity contribution in [1.82, 2.24) is 4.90 Å². The standard InChI is InChI=1S/C20H28N2O/c1-15-9-11-22(12-10-15)19(23)17(14-21)13-16-5-7-18(8-6-16)20(2,3)4/h5-8,15,17H,9-13H2,1-4H3. The molecule has 1 amide bonds. The van der Waals surface area contributed by atoms with Gasteiger partial charge in [0.05, 0.1) is 6.07 Å². The van der Waals surface area contributed by atoms with Crippen LogP contribution in [0.2, 0.25) is 0 Å². The van der Waals surface area contributed by atoms with Crippen LogP contribution in [-0.4, -0.2) is 23.9 Å². The molecular formula is C20H28N2O. The van der Waals surface area contributed by atoms with Gasteiger partial charge in [-0.1, -0.05) is 52.0 Å². The first kappa shape index (κ1) is 17.5. The van der Waals surface area contributed by atoms with Gasteiger partial charge in [0.25, 0.3) is 0 Å². The molecule has 1 fully saturated rings. The van der Waals surface area contributed by atoms with Gasteiger partial charge in [-0.2, -0.15) is 5.26 Å². The largest absolute Gasteiger partial charge is 0.342 e. The maximum Gasteiger partial charge on any atom is 0.240 e. The lowest BCUT2D eigenvalue weighted by atomic mass is 9.86. The molecule has 1 unspecified atom stereocenters. The molecule has 1 aliphatic heterocycles. The van der Waals surface area contributed by atoms with E-state index >= 15 is 0 Å². The summed E-state index contributed by atoms with van der Waals surface area (Å²) in [5, 5.41) is 9.43. The van der Waals surface area contributed by atoms with Crippen LogP contribution in [0.15, 0.2) is 24.3 Å². The zero-order valence-electron chi connectivity index (χ0n) is 14.8. The molecule has 0 bridgehead atoms. The van der Waals surface area contributed by atoms with Crippen molar-refractivity contribution in [2.75, 3.05) is 13.1 Å². The number of carbonyl (C=O) groups is 1. The van der Waals surface area contributed by atoms with E-state index in [2.05, 4.69) is 58.0 Å². The van der Waals surface area contributed by atoms with Crippen LogP contribution in [0.5, 0.6) is 0 Å². The molecule has 1 aromatic rings. The minimum absolute atomic E-state index is 0.000650. The predicted molar refractivity (Wildman–Crippen MR) is 92.9 cm³/mol. The average molecular weight is 312 g/mol. The quantitative estimate of drug-likeness (QED) is 0.849. The van der Waals surface area contributed by atoms with Crippen molar-refractivity contribution in [2.45, 2.75) is 52.4 Å². The molecular weight excluding hydrogens is 284 g/mol. The van der Waals surface area contributed by atoms with E-state index in [1.54, 1.807) is 0 Å². The summed E-state index contributed by atoms with van der Waals surface area (Å²) in [7, 11) is 0.